The highest BCUT2D eigenvalue weighted by atomic mass is 16.3. The second-order valence-corrected chi connectivity index (χ2v) is 5.02. The van der Waals surface area contributed by atoms with Gasteiger partial charge in [-0.25, -0.2) is 0 Å². The average molecular weight is 259 g/mol. The first-order chi connectivity index (χ1) is 8.95. The molecule has 1 heterocycles. The molecule has 0 unspecified atom stereocenters. The molecule has 0 radical (unpaired) electrons. The van der Waals surface area contributed by atoms with Gasteiger partial charge in [0.2, 0.25) is 0 Å². The van der Waals surface area contributed by atoms with Gasteiger partial charge < -0.3 is 10.0 Å². The van der Waals surface area contributed by atoms with E-state index in [0.29, 0.717) is 0 Å². The van der Waals surface area contributed by atoms with Crippen LogP contribution in [0.15, 0.2) is 18.2 Å². The van der Waals surface area contributed by atoms with E-state index in [4.69, 9.17) is 0 Å². The maximum Gasteiger partial charge on any atom is 0.136 e. The molecule has 102 valence electrons. The van der Waals surface area contributed by atoms with E-state index < -0.39 is 0 Å². The molecule has 0 saturated heterocycles. The van der Waals surface area contributed by atoms with Crippen LogP contribution in [0.25, 0.3) is 0 Å². The zero-order valence-electron chi connectivity index (χ0n) is 12.2. The van der Waals surface area contributed by atoms with E-state index in [-0.39, 0.29) is 6.61 Å². The van der Waals surface area contributed by atoms with Gasteiger partial charge in [-0.1, -0.05) is 17.7 Å². The first-order valence-electron chi connectivity index (χ1n) is 6.40. The lowest BCUT2D eigenvalue weighted by molar-refractivity contribution is 0.281. The van der Waals surface area contributed by atoms with Crippen LogP contribution in [0.3, 0.4) is 0 Å². The first kappa shape index (κ1) is 13.6. The fourth-order valence-corrected chi connectivity index (χ4v) is 2.59. The fourth-order valence-electron chi connectivity index (χ4n) is 2.59. The quantitative estimate of drug-likeness (QED) is 0.921. The number of aliphatic hydroxyl groups excluding tert-OH is 1. The summed E-state index contributed by atoms with van der Waals surface area (Å²) in [7, 11) is 3.91. The van der Waals surface area contributed by atoms with Crippen LogP contribution in [0.5, 0.6) is 0 Å². The van der Waals surface area contributed by atoms with Gasteiger partial charge in [-0.3, -0.25) is 4.68 Å². The molecule has 0 fully saturated rings. The summed E-state index contributed by atoms with van der Waals surface area (Å²) >= 11 is 0. The molecule has 1 aromatic heterocycles. The van der Waals surface area contributed by atoms with Crippen molar-refractivity contribution in [2.45, 2.75) is 27.4 Å². The summed E-state index contributed by atoms with van der Waals surface area (Å²) in [6.07, 6.45) is 0. The fraction of sp³-hybridized carbons (Fsp3) is 0.400. The number of aliphatic hydroxyl groups is 1. The van der Waals surface area contributed by atoms with Crippen molar-refractivity contribution in [2.24, 2.45) is 7.05 Å². The Morgan fingerprint density at radius 2 is 1.95 bits per heavy atom. The Bertz CT molecular complexity index is 602. The highest BCUT2D eigenvalue weighted by Crippen LogP contribution is 2.31. The Morgan fingerprint density at radius 1 is 1.26 bits per heavy atom. The molecule has 4 nitrogen and oxygen atoms in total. The topological polar surface area (TPSA) is 41.3 Å². The summed E-state index contributed by atoms with van der Waals surface area (Å²) in [6, 6.07) is 6.36. The van der Waals surface area contributed by atoms with E-state index in [9.17, 15) is 5.11 Å². The molecule has 4 heteroatoms. The van der Waals surface area contributed by atoms with Gasteiger partial charge >= 0.3 is 0 Å². The standard InChI is InChI=1S/C15H21N3O/c1-10-6-7-14(11(2)8-10)17(4)15-13(9-19)12(3)16-18(15)5/h6-8,19H,9H2,1-5H3. The minimum absolute atomic E-state index is 0.00422. The van der Waals surface area contributed by atoms with E-state index in [1.165, 1.54) is 11.1 Å². The third-order valence-electron chi connectivity index (χ3n) is 3.50. The smallest absolute Gasteiger partial charge is 0.136 e. The van der Waals surface area contributed by atoms with E-state index in [1.54, 1.807) is 0 Å². The second kappa shape index (κ2) is 5.05. The van der Waals surface area contributed by atoms with Crippen molar-refractivity contribution >= 4 is 11.5 Å². The zero-order chi connectivity index (χ0) is 14.2. The molecule has 0 amide bonds. The molecule has 19 heavy (non-hydrogen) atoms. The van der Waals surface area contributed by atoms with Crippen LogP contribution in [0.1, 0.15) is 22.4 Å². The van der Waals surface area contributed by atoms with Gasteiger partial charge in [-0.15, -0.1) is 0 Å². The van der Waals surface area contributed by atoms with Gasteiger partial charge in [0.25, 0.3) is 0 Å². The van der Waals surface area contributed by atoms with Crippen LogP contribution in [0.4, 0.5) is 11.5 Å². The summed E-state index contributed by atoms with van der Waals surface area (Å²) in [5.74, 6) is 0.937. The predicted octanol–water partition coefficient (Wildman–Crippen LogP) is 2.61. The van der Waals surface area contributed by atoms with Crippen molar-refractivity contribution in [1.82, 2.24) is 9.78 Å². The lowest BCUT2D eigenvalue weighted by atomic mass is 10.1. The highest BCUT2D eigenvalue weighted by molar-refractivity contribution is 5.66. The Labute approximate surface area is 114 Å². The highest BCUT2D eigenvalue weighted by Gasteiger charge is 2.18. The lowest BCUT2D eigenvalue weighted by Crippen LogP contribution is -2.16. The minimum atomic E-state index is 0.00422. The van der Waals surface area contributed by atoms with Gasteiger partial charge in [-0.05, 0) is 32.4 Å². The van der Waals surface area contributed by atoms with Crippen molar-refractivity contribution < 1.29 is 5.11 Å². The normalized spacial score (nSPS) is 10.8. The predicted molar refractivity (Wildman–Crippen MR) is 77.8 cm³/mol. The molecular formula is C15H21N3O. The van der Waals surface area contributed by atoms with E-state index in [2.05, 4.69) is 42.0 Å². The molecule has 0 atom stereocenters. The van der Waals surface area contributed by atoms with Crippen molar-refractivity contribution in [3.05, 3.63) is 40.6 Å². The van der Waals surface area contributed by atoms with Gasteiger partial charge in [0.1, 0.15) is 5.82 Å². The van der Waals surface area contributed by atoms with Crippen molar-refractivity contribution in [3.8, 4) is 0 Å². The number of aryl methyl sites for hydroxylation is 4. The first-order valence-corrected chi connectivity index (χ1v) is 6.40. The molecule has 0 aliphatic heterocycles. The number of benzene rings is 1. The lowest BCUT2D eigenvalue weighted by Gasteiger charge is -2.23. The van der Waals surface area contributed by atoms with Crippen LogP contribution in [-0.2, 0) is 13.7 Å². The molecule has 0 saturated carbocycles. The molecular weight excluding hydrogens is 238 g/mol. The second-order valence-electron chi connectivity index (χ2n) is 5.02. The maximum atomic E-state index is 9.54. The number of hydrogen-bond donors (Lipinski definition) is 1. The number of aromatic nitrogens is 2. The van der Waals surface area contributed by atoms with E-state index >= 15 is 0 Å². The van der Waals surface area contributed by atoms with Crippen LogP contribution < -0.4 is 4.90 Å². The summed E-state index contributed by atoms with van der Waals surface area (Å²) in [5, 5.41) is 13.9. The molecule has 0 spiro atoms. The number of anilines is 2. The monoisotopic (exact) mass is 259 g/mol. The molecule has 2 aromatic rings. The van der Waals surface area contributed by atoms with Crippen LogP contribution >= 0.6 is 0 Å². The minimum Gasteiger partial charge on any atom is -0.391 e. The summed E-state index contributed by atoms with van der Waals surface area (Å²) in [6.45, 7) is 6.11. The summed E-state index contributed by atoms with van der Waals surface area (Å²) < 4.78 is 1.82. The molecule has 1 N–H and O–H groups in total. The Kier molecular flexibility index (Phi) is 3.62. The third kappa shape index (κ3) is 2.36. The summed E-state index contributed by atoms with van der Waals surface area (Å²) in [5.41, 5.74) is 5.34. The van der Waals surface area contributed by atoms with Crippen LogP contribution in [-0.4, -0.2) is 21.9 Å². The van der Waals surface area contributed by atoms with Crippen LogP contribution in [0.2, 0.25) is 0 Å². The molecule has 0 aliphatic rings. The largest absolute Gasteiger partial charge is 0.391 e. The Hall–Kier alpha value is -1.81. The van der Waals surface area contributed by atoms with E-state index in [1.807, 2.05) is 25.7 Å². The average Bonchev–Trinajstić information content (AvgIpc) is 2.62. The molecule has 0 aliphatic carbocycles. The molecule has 0 bridgehead atoms. The van der Waals surface area contributed by atoms with Crippen molar-refractivity contribution in [1.29, 1.82) is 0 Å². The van der Waals surface area contributed by atoms with Gasteiger partial charge in [-0.2, -0.15) is 5.10 Å². The summed E-state index contributed by atoms with van der Waals surface area (Å²) in [4.78, 5) is 2.08. The number of nitrogens with zero attached hydrogens (tertiary/aromatic N) is 3. The zero-order valence-corrected chi connectivity index (χ0v) is 12.2. The molecule has 2 rings (SSSR count). The Balaban J connectivity index is 2.52. The number of hydrogen-bond acceptors (Lipinski definition) is 3. The Morgan fingerprint density at radius 3 is 2.53 bits per heavy atom. The van der Waals surface area contributed by atoms with E-state index in [0.717, 1.165) is 22.8 Å². The third-order valence-corrected chi connectivity index (χ3v) is 3.50. The van der Waals surface area contributed by atoms with Crippen molar-refractivity contribution in [3.63, 3.8) is 0 Å². The number of rotatable bonds is 3. The SMILES string of the molecule is Cc1ccc(N(C)c2c(CO)c(C)nn2C)c(C)c1. The van der Waals surface area contributed by atoms with Gasteiger partial charge in [0.15, 0.2) is 0 Å². The molecule has 1 aromatic carbocycles. The maximum absolute atomic E-state index is 9.54. The van der Waals surface area contributed by atoms with Crippen molar-refractivity contribution in [2.75, 3.05) is 11.9 Å². The van der Waals surface area contributed by atoms with Crippen LogP contribution in [0, 0.1) is 20.8 Å². The van der Waals surface area contributed by atoms with Gasteiger partial charge in [0, 0.05) is 25.3 Å². The van der Waals surface area contributed by atoms with Gasteiger partial charge in [0.05, 0.1) is 12.3 Å².